The zero-order chi connectivity index (χ0) is 18.1. The smallest absolute Gasteiger partial charge is 0.407 e. The molecule has 1 aliphatic carbocycles. The Balaban J connectivity index is 1.94. The van der Waals surface area contributed by atoms with Gasteiger partial charge in [-0.1, -0.05) is 0 Å². The van der Waals surface area contributed by atoms with Crippen LogP contribution in [0.25, 0.3) is 23.1 Å². The van der Waals surface area contributed by atoms with E-state index in [1.807, 2.05) is 19.1 Å². The third-order valence-corrected chi connectivity index (χ3v) is 4.33. The van der Waals surface area contributed by atoms with Crippen LogP contribution in [-0.4, -0.2) is 35.5 Å². The molecule has 2 N–H and O–H groups in total. The lowest BCUT2D eigenvalue weighted by Crippen LogP contribution is -2.29. The third kappa shape index (κ3) is 3.20. The number of aromatic nitrogens is 2. The van der Waals surface area contributed by atoms with Crippen molar-refractivity contribution in [1.29, 1.82) is 0 Å². The highest BCUT2D eigenvalue weighted by Gasteiger charge is 2.18. The highest BCUT2D eigenvalue weighted by molar-refractivity contribution is 5.97. The van der Waals surface area contributed by atoms with Crippen LogP contribution in [0.4, 0.5) is 9.18 Å². The zero-order valence-corrected chi connectivity index (χ0v) is 14.2. The summed E-state index contributed by atoms with van der Waals surface area (Å²) in [7, 11) is 0. The molecule has 1 amide bonds. The van der Waals surface area contributed by atoms with E-state index in [-0.39, 0.29) is 12.7 Å². The summed E-state index contributed by atoms with van der Waals surface area (Å²) in [6.45, 7) is 2.32. The lowest BCUT2D eigenvalue weighted by Gasteiger charge is -2.19. The van der Waals surface area contributed by atoms with Crippen molar-refractivity contribution in [2.24, 2.45) is 0 Å². The summed E-state index contributed by atoms with van der Waals surface area (Å²) in [6.07, 6.45) is 6.06. The Morgan fingerprint density at radius 3 is 3.04 bits per heavy atom. The van der Waals surface area contributed by atoms with E-state index in [2.05, 4.69) is 15.5 Å². The number of hydrogen-bond acceptors (Lipinski definition) is 4. The second-order valence-corrected chi connectivity index (χ2v) is 6.31. The normalized spacial score (nSPS) is 20.4. The number of alkyl carbamates (subject to hydrolysis) is 1. The summed E-state index contributed by atoms with van der Waals surface area (Å²) in [5.74, 6) is 0.230. The fourth-order valence-electron chi connectivity index (χ4n) is 3.06. The van der Waals surface area contributed by atoms with E-state index in [1.165, 1.54) is 12.2 Å². The van der Waals surface area contributed by atoms with Crippen LogP contribution >= 0.6 is 0 Å². The van der Waals surface area contributed by atoms with Gasteiger partial charge in [0.05, 0.1) is 17.3 Å². The Hall–Kier alpha value is -3.09. The predicted octanol–water partition coefficient (Wildman–Crippen LogP) is 3.72. The molecule has 1 aromatic carbocycles. The van der Waals surface area contributed by atoms with Crippen LogP contribution in [0.1, 0.15) is 24.6 Å². The van der Waals surface area contributed by atoms with Gasteiger partial charge in [-0.3, -0.25) is 5.10 Å². The molecule has 2 bridgehead atoms. The quantitative estimate of drug-likeness (QED) is 0.755. The van der Waals surface area contributed by atoms with Crippen molar-refractivity contribution in [2.45, 2.75) is 19.4 Å². The third-order valence-electron chi connectivity index (χ3n) is 4.33. The number of cyclic esters (lactones) is 1. The predicted molar refractivity (Wildman–Crippen MR) is 96.4 cm³/mol. The minimum Gasteiger partial charge on any atom is -0.490 e. The lowest BCUT2D eigenvalue weighted by atomic mass is 10.0. The Morgan fingerprint density at radius 1 is 1.27 bits per heavy atom. The van der Waals surface area contributed by atoms with Gasteiger partial charge >= 0.3 is 6.09 Å². The molecule has 2 aliphatic rings. The molecule has 0 fully saturated rings. The Kier molecular flexibility index (Phi) is 4.20. The Morgan fingerprint density at radius 2 is 2.15 bits per heavy atom. The summed E-state index contributed by atoms with van der Waals surface area (Å²) in [6, 6.07) is 3.77. The molecule has 1 aromatic heterocycles. The number of carbonyl (C=O) groups excluding carboxylic acids is 1. The topological polar surface area (TPSA) is 76.2 Å². The summed E-state index contributed by atoms with van der Waals surface area (Å²) in [4.78, 5) is 11.8. The largest absolute Gasteiger partial charge is 0.490 e. The van der Waals surface area contributed by atoms with Gasteiger partial charge in [0.1, 0.15) is 18.2 Å². The van der Waals surface area contributed by atoms with Gasteiger partial charge in [0, 0.05) is 23.9 Å². The first-order valence-corrected chi connectivity index (χ1v) is 8.44. The van der Waals surface area contributed by atoms with Gasteiger partial charge < -0.3 is 14.8 Å². The second kappa shape index (κ2) is 6.67. The summed E-state index contributed by atoms with van der Waals surface area (Å²) in [5.41, 5.74) is 2.75. The van der Waals surface area contributed by atoms with E-state index >= 15 is 0 Å². The van der Waals surface area contributed by atoms with Crippen molar-refractivity contribution in [3.05, 3.63) is 46.9 Å². The van der Waals surface area contributed by atoms with Crippen molar-refractivity contribution in [1.82, 2.24) is 15.5 Å². The first-order chi connectivity index (χ1) is 12.6. The average molecular weight is 355 g/mol. The monoisotopic (exact) mass is 355 g/mol. The molecule has 1 aliphatic heterocycles. The zero-order valence-electron chi connectivity index (χ0n) is 14.2. The molecule has 7 heteroatoms. The van der Waals surface area contributed by atoms with Crippen molar-refractivity contribution >= 4 is 29.1 Å². The van der Waals surface area contributed by atoms with Gasteiger partial charge in [0.2, 0.25) is 0 Å². The highest BCUT2D eigenvalue weighted by atomic mass is 19.1. The molecule has 26 heavy (non-hydrogen) atoms. The number of nitrogens with one attached hydrogen (secondary N) is 2. The van der Waals surface area contributed by atoms with Gasteiger partial charge in [0.15, 0.2) is 0 Å². The van der Waals surface area contributed by atoms with Crippen molar-refractivity contribution in [3.63, 3.8) is 0 Å². The maximum Gasteiger partial charge on any atom is 0.407 e. The highest BCUT2D eigenvalue weighted by Crippen LogP contribution is 2.34. The maximum atomic E-state index is 14.2. The number of hydrogen-bond donors (Lipinski definition) is 2. The number of nitrogens with zero attached hydrogens (tertiary/aromatic N) is 1. The van der Waals surface area contributed by atoms with Crippen LogP contribution in [0.15, 0.2) is 35.7 Å². The summed E-state index contributed by atoms with van der Waals surface area (Å²) < 4.78 is 25.5. The van der Waals surface area contributed by atoms with Crippen molar-refractivity contribution < 1.29 is 18.7 Å². The molecule has 0 radical (unpaired) electrons. The number of aromatic amines is 1. The average Bonchev–Trinajstić information content (AvgIpc) is 3.03. The molecule has 2 aromatic rings. The van der Waals surface area contributed by atoms with Gasteiger partial charge in [0.25, 0.3) is 0 Å². The summed E-state index contributed by atoms with van der Waals surface area (Å²) in [5, 5.41) is 10.7. The fourth-order valence-corrected chi connectivity index (χ4v) is 3.06. The molecular weight excluding hydrogens is 337 g/mol. The molecule has 4 rings (SSSR count). The van der Waals surface area contributed by atoms with E-state index in [0.29, 0.717) is 30.0 Å². The number of allylic oxidation sites excluding steroid dienone is 2. The molecule has 0 spiro atoms. The molecule has 134 valence electrons. The van der Waals surface area contributed by atoms with Crippen molar-refractivity contribution in [3.8, 4) is 5.75 Å². The van der Waals surface area contributed by atoms with Gasteiger partial charge in [-0.2, -0.15) is 5.10 Å². The van der Waals surface area contributed by atoms with Crippen LogP contribution in [0.2, 0.25) is 0 Å². The number of amides is 1. The first-order valence-electron chi connectivity index (χ1n) is 8.44. The number of halogens is 1. The van der Waals surface area contributed by atoms with Crippen molar-refractivity contribution in [2.75, 3.05) is 13.2 Å². The number of ether oxygens (including phenoxy) is 2. The van der Waals surface area contributed by atoms with Crippen LogP contribution in [0.5, 0.6) is 5.75 Å². The van der Waals surface area contributed by atoms with E-state index in [1.54, 1.807) is 12.2 Å². The molecule has 6 nitrogen and oxygen atoms in total. The van der Waals surface area contributed by atoms with Crippen LogP contribution < -0.4 is 10.1 Å². The Labute approximate surface area is 149 Å². The van der Waals surface area contributed by atoms with E-state index in [9.17, 15) is 9.18 Å². The minimum absolute atomic E-state index is 0.0499. The standard InChI is InChI=1S/C19H18FN3O3/c1-11-6-7-21-19(24)25-10-12-8-13(20)2-3-15-18-14(9-12)17(26-11)5-4-16(18)23-22-15/h2-5,8-9,11H,6-7,10H2,1H3,(H,21,24)(H,22,23). The SMILES string of the molecule is CC1CCNC(=O)OCC2=Cc3c(ccc4[nH]nc(c34)C=CC(F)=C2)O1. The number of rotatable bonds is 0. The first kappa shape index (κ1) is 16.4. The number of H-pyrrole nitrogens is 1. The molecule has 0 saturated carbocycles. The fraction of sp³-hybridized carbons (Fsp3) is 0.263. The minimum atomic E-state index is -0.537. The number of carbonyl (C=O) groups is 1. The van der Waals surface area contributed by atoms with E-state index in [0.717, 1.165) is 16.5 Å². The molecule has 2 heterocycles. The maximum absolute atomic E-state index is 14.2. The molecule has 0 saturated heterocycles. The second-order valence-electron chi connectivity index (χ2n) is 6.31. The number of benzene rings is 1. The Bertz CT molecular complexity index is 958. The van der Waals surface area contributed by atoms with Gasteiger partial charge in [-0.25, -0.2) is 9.18 Å². The molecular formula is C19H18FN3O3. The summed E-state index contributed by atoms with van der Waals surface area (Å²) >= 11 is 0. The van der Waals surface area contributed by atoms with Gasteiger partial charge in [-0.15, -0.1) is 0 Å². The lowest BCUT2D eigenvalue weighted by molar-refractivity contribution is 0.153. The van der Waals surface area contributed by atoms with Crippen LogP contribution in [0.3, 0.4) is 0 Å². The van der Waals surface area contributed by atoms with Crippen LogP contribution in [-0.2, 0) is 4.74 Å². The van der Waals surface area contributed by atoms with E-state index in [4.69, 9.17) is 9.47 Å². The van der Waals surface area contributed by atoms with E-state index < -0.39 is 11.9 Å². The van der Waals surface area contributed by atoms with Gasteiger partial charge in [-0.05, 0) is 48.9 Å². The molecule has 1 unspecified atom stereocenters. The molecule has 1 atom stereocenters. The van der Waals surface area contributed by atoms with Crippen LogP contribution in [0, 0.1) is 0 Å².